The molecule has 4 atom stereocenters. The molecule has 3 aliphatic heterocycles. The van der Waals surface area contributed by atoms with Crippen molar-refractivity contribution < 1.29 is 19.2 Å². The number of hydrogen-bond donors (Lipinski definition) is 0. The summed E-state index contributed by atoms with van der Waals surface area (Å²) in [5.41, 5.74) is -0.462. The molecule has 2 amide bonds. The summed E-state index contributed by atoms with van der Waals surface area (Å²) in [5, 5.41) is 10.7. The largest absolute Gasteiger partial charge is 0.362 e. The smallest absolute Gasteiger partial charge is 0.269 e. The lowest BCUT2D eigenvalue weighted by atomic mass is 9.78. The molecule has 0 saturated carbocycles. The van der Waals surface area contributed by atoms with E-state index in [-0.39, 0.29) is 23.6 Å². The van der Waals surface area contributed by atoms with Gasteiger partial charge < -0.3 is 4.74 Å². The Kier molecular flexibility index (Phi) is 2.40. The highest BCUT2D eigenvalue weighted by atomic mass is 16.6. The van der Waals surface area contributed by atoms with Crippen molar-refractivity contribution in [3.8, 4) is 0 Å². The Morgan fingerprint density at radius 2 is 1.91 bits per heavy atom. The van der Waals surface area contributed by atoms with E-state index in [9.17, 15) is 19.7 Å². The highest BCUT2D eigenvalue weighted by Gasteiger charge is 2.66. The normalized spacial score (nSPS) is 35.3. The van der Waals surface area contributed by atoms with Gasteiger partial charge in [-0.3, -0.25) is 19.7 Å². The van der Waals surface area contributed by atoms with Crippen LogP contribution in [-0.4, -0.2) is 28.4 Å². The summed E-state index contributed by atoms with van der Waals surface area (Å²) in [7, 11) is 0. The Morgan fingerprint density at radius 3 is 2.50 bits per heavy atom. The fourth-order valence-electron chi connectivity index (χ4n) is 3.63. The van der Waals surface area contributed by atoms with Crippen molar-refractivity contribution in [2.24, 2.45) is 11.8 Å². The van der Waals surface area contributed by atoms with Crippen molar-refractivity contribution in [1.29, 1.82) is 0 Å². The number of rotatable bonds is 2. The maximum absolute atomic E-state index is 12.7. The van der Waals surface area contributed by atoms with Crippen LogP contribution in [0, 0.1) is 22.0 Å². The van der Waals surface area contributed by atoms with Gasteiger partial charge in [0.05, 0.1) is 34.2 Å². The third kappa shape index (κ3) is 1.48. The number of non-ortho nitro benzene ring substituents is 1. The van der Waals surface area contributed by atoms with Gasteiger partial charge in [-0.2, -0.15) is 0 Å². The van der Waals surface area contributed by atoms with Gasteiger partial charge >= 0.3 is 0 Å². The molecule has 0 spiro atoms. The van der Waals surface area contributed by atoms with Crippen LogP contribution in [0.25, 0.3) is 0 Å². The molecule has 112 valence electrons. The fourth-order valence-corrected chi connectivity index (χ4v) is 3.63. The van der Waals surface area contributed by atoms with Gasteiger partial charge in [0.2, 0.25) is 11.8 Å². The molecule has 0 unspecified atom stereocenters. The fraction of sp³-hybridized carbons (Fsp3) is 0.333. The first-order chi connectivity index (χ1) is 10.4. The quantitative estimate of drug-likeness (QED) is 0.357. The third-order valence-electron chi connectivity index (χ3n) is 4.65. The molecule has 3 aliphatic rings. The van der Waals surface area contributed by atoms with E-state index in [0.29, 0.717) is 5.69 Å². The zero-order valence-electron chi connectivity index (χ0n) is 11.6. The number of carbonyl (C=O) groups is 2. The number of fused-ring (bicyclic) bond motifs is 5. The summed E-state index contributed by atoms with van der Waals surface area (Å²) in [4.78, 5) is 36.6. The summed E-state index contributed by atoms with van der Waals surface area (Å²) in [6, 6.07) is 5.42. The van der Waals surface area contributed by atoms with Gasteiger partial charge in [0.25, 0.3) is 5.69 Å². The molecule has 2 saturated heterocycles. The molecule has 7 heteroatoms. The monoisotopic (exact) mass is 300 g/mol. The van der Waals surface area contributed by atoms with Crippen molar-refractivity contribution in [3.05, 3.63) is 46.5 Å². The lowest BCUT2D eigenvalue weighted by Crippen LogP contribution is -2.38. The Balaban J connectivity index is 1.71. The molecule has 2 fully saturated rings. The first kappa shape index (κ1) is 13.1. The van der Waals surface area contributed by atoms with Gasteiger partial charge in [0.15, 0.2) is 0 Å². The minimum atomic E-state index is -0.738. The van der Waals surface area contributed by atoms with Gasteiger partial charge in [-0.1, -0.05) is 12.2 Å². The zero-order chi connectivity index (χ0) is 15.6. The summed E-state index contributed by atoms with van der Waals surface area (Å²) in [6.07, 6.45) is 3.30. The van der Waals surface area contributed by atoms with Crippen LogP contribution in [0.4, 0.5) is 11.4 Å². The van der Waals surface area contributed by atoms with Crippen molar-refractivity contribution in [1.82, 2.24) is 0 Å². The number of amides is 2. The second kappa shape index (κ2) is 4.01. The molecule has 0 aromatic heterocycles. The predicted octanol–water partition coefficient (Wildman–Crippen LogP) is 1.43. The first-order valence-electron chi connectivity index (χ1n) is 6.92. The van der Waals surface area contributed by atoms with Gasteiger partial charge in [0, 0.05) is 12.1 Å². The number of nitrogens with zero attached hydrogens (tertiary/aromatic N) is 2. The van der Waals surface area contributed by atoms with Crippen molar-refractivity contribution in [2.45, 2.75) is 18.6 Å². The lowest BCUT2D eigenvalue weighted by Gasteiger charge is -2.24. The number of imide groups is 1. The maximum Gasteiger partial charge on any atom is 0.269 e. The number of nitro groups is 1. The molecule has 22 heavy (non-hydrogen) atoms. The van der Waals surface area contributed by atoms with Crippen molar-refractivity contribution >= 4 is 23.2 Å². The molecule has 7 nitrogen and oxygen atoms in total. The van der Waals surface area contributed by atoms with Crippen LogP contribution in [0.5, 0.6) is 0 Å². The molecule has 0 radical (unpaired) electrons. The molecule has 0 N–H and O–H groups in total. The number of benzene rings is 1. The van der Waals surface area contributed by atoms with Gasteiger partial charge in [-0.15, -0.1) is 0 Å². The van der Waals surface area contributed by atoms with Crippen LogP contribution in [0.2, 0.25) is 0 Å². The topological polar surface area (TPSA) is 89.8 Å². The van der Waals surface area contributed by atoms with Crippen LogP contribution in [-0.2, 0) is 14.3 Å². The van der Waals surface area contributed by atoms with Crippen LogP contribution in [0.1, 0.15) is 6.92 Å². The molecule has 3 heterocycles. The number of nitro benzene ring substituents is 1. The van der Waals surface area contributed by atoms with E-state index >= 15 is 0 Å². The average Bonchev–Trinajstić information content (AvgIpc) is 3.08. The standard InChI is InChI=1S/C15H12N2O5/c1-15-7-6-10(22-15)11-12(15)14(19)16(13(11)18)8-2-4-9(5-3-8)17(20)21/h2-7,10-12H,1H3/t10-,11+,12+,15-/m0/s1. The van der Waals surface area contributed by atoms with Gasteiger partial charge in [0.1, 0.15) is 0 Å². The lowest BCUT2D eigenvalue weighted by molar-refractivity contribution is -0.384. The third-order valence-corrected chi connectivity index (χ3v) is 4.65. The second-order valence-electron chi connectivity index (χ2n) is 5.91. The van der Waals surface area contributed by atoms with E-state index in [4.69, 9.17) is 4.74 Å². The summed E-state index contributed by atoms with van der Waals surface area (Å²) < 4.78 is 5.73. The van der Waals surface area contributed by atoms with Gasteiger partial charge in [-0.25, -0.2) is 4.90 Å². The highest BCUT2D eigenvalue weighted by molar-refractivity contribution is 6.23. The molecule has 2 bridgehead atoms. The van der Waals surface area contributed by atoms with E-state index in [1.807, 2.05) is 12.2 Å². The van der Waals surface area contributed by atoms with Crippen molar-refractivity contribution in [3.63, 3.8) is 0 Å². The van der Waals surface area contributed by atoms with E-state index in [0.717, 1.165) is 4.90 Å². The SMILES string of the molecule is C[C@@]12C=C[C@H](O1)[C@H]1C(=O)N(c3ccc([N+](=O)[O-])cc3)C(=O)[C@@H]12. The number of ether oxygens (including phenoxy) is 1. The van der Waals surface area contributed by atoms with E-state index < -0.39 is 22.4 Å². The van der Waals surface area contributed by atoms with Gasteiger partial charge in [-0.05, 0) is 19.1 Å². The Bertz CT molecular complexity index is 741. The Labute approximate surface area is 125 Å². The summed E-state index contributed by atoms with van der Waals surface area (Å²) in [6.45, 7) is 1.80. The molecular formula is C15H12N2O5. The van der Waals surface area contributed by atoms with Crippen molar-refractivity contribution in [2.75, 3.05) is 4.90 Å². The molecular weight excluding hydrogens is 288 g/mol. The second-order valence-corrected chi connectivity index (χ2v) is 5.91. The van der Waals surface area contributed by atoms with E-state index in [2.05, 4.69) is 0 Å². The zero-order valence-corrected chi connectivity index (χ0v) is 11.6. The van der Waals surface area contributed by atoms with E-state index in [1.54, 1.807) is 6.92 Å². The molecule has 1 aromatic carbocycles. The molecule has 4 rings (SSSR count). The molecule has 0 aliphatic carbocycles. The Morgan fingerprint density at radius 1 is 1.23 bits per heavy atom. The maximum atomic E-state index is 12.7. The summed E-state index contributed by atoms with van der Waals surface area (Å²) >= 11 is 0. The van der Waals surface area contributed by atoms with Crippen LogP contribution >= 0.6 is 0 Å². The number of hydrogen-bond acceptors (Lipinski definition) is 5. The minimum absolute atomic E-state index is 0.0833. The molecule has 1 aromatic rings. The van der Waals surface area contributed by atoms with Crippen LogP contribution in [0.15, 0.2) is 36.4 Å². The van der Waals surface area contributed by atoms with Crippen LogP contribution in [0.3, 0.4) is 0 Å². The Hall–Kier alpha value is -2.54. The van der Waals surface area contributed by atoms with E-state index in [1.165, 1.54) is 24.3 Å². The van der Waals surface area contributed by atoms with Crippen LogP contribution < -0.4 is 4.90 Å². The highest BCUT2D eigenvalue weighted by Crippen LogP contribution is 2.52. The minimum Gasteiger partial charge on any atom is -0.362 e. The average molecular weight is 300 g/mol. The predicted molar refractivity (Wildman–Crippen MR) is 75.0 cm³/mol. The number of anilines is 1. The summed E-state index contributed by atoms with van der Waals surface area (Å²) in [5.74, 6) is -1.64. The first-order valence-corrected chi connectivity index (χ1v) is 6.92. The number of carbonyl (C=O) groups excluding carboxylic acids is 2.